The Balaban J connectivity index is 2.37. The number of rotatable bonds is 3. The van der Waals surface area contributed by atoms with Crippen molar-refractivity contribution in [3.63, 3.8) is 0 Å². The molecule has 19 heavy (non-hydrogen) atoms. The van der Waals surface area contributed by atoms with Crippen LogP contribution in [-0.4, -0.2) is 39.6 Å². The van der Waals surface area contributed by atoms with Crippen molar-refractivity contribution in [3.05, 3.63) is 18.2 Å². The number of nitrogen functional groups attached to an aromatic ring is 1. The van der Waals surface area contributed by atoms with Gasteiger partial charge in [0.2, 0.25) is 10.0 Å². The van der Waals surface area contributed by atoms with E-state index in [-0.39, 0.29) is 4.90 Å². The third-order valence-corrected chi connectivity index (χ3v) is 5.71. The van der Waals surface area contributed by atoms with Crippen molar-refractivity contribution in [2.24, 2.45) is 0 Å². The van der Waals surface area contributed by atoms with Crippen molar-refractivity contribution in [2.45, 2.75) is 17.1 Å². The van der Waals surface area contributed by atoms with E-state index in [4.69, 9.17) is 5.73 Å². The fourth-order valence-corrected chi connectivity index (χ4v) is 3.88. The van der Waals surface area contributed by atoms with Gasteiger partial charge in [0.1, 0.15) is 0 Å². The lowest BCUT2D eigenvalue weighted by Crippen LogP contribution is -2.37. The van der Waals surface area contributed by atoms with Gasteiger partial charge in [0.05, 0.1) is 16.3 Å². The maximum atomic E-state index is 11.8. The van der Waals surface area contributed by atoms with E-state index in [1.807, 2.05) is 11.8 Å². The van der Waals surface area contributed by atoms with E-state index >= 15 is 0 Å². The van der Waals surface area contributed by atoms with Crippen molar-refractivity contribution >= 4 is 33.2 Å². The standard InChI is InChI=1S/C12H19N3O2S2/c1-9-8-15(5-6-18-9)12-7-10(3-4-11(12)13)19(16,17)14-2/h3-4,7,9,14H,5-6,8,13H2,1-2H3. The summed E-state index contributed by atoms with van der Waals surface area (Å²) in [5, 5.41) is 0.526. The molecule has 1 aromatic rings. The fourth-order valence-electron chi connectivity index (χ4n) is 2.12. The smallest absolute Gasteiger partial charge is 0.240 e. The zero-order valence-corrected chi connectivity index (χ0v) is 12.7. The van der Waals surface area contributed by atoms with E-state index < -0.39 is 10.0 Å². The number of nitrogens with one attached hydrogen (secondary N) is 1. The van der Waals surface area contributed by atoms with Gasteiger partial charge in [-0.15, -0.1) is 0 Å². The highest BCUT2D eigenvalue weighted by atomic mass is 32.2. The molecule has 3 N–H and O–H groups in total. The minimum atomic E-state index is -3.43. The van der Waals surface area contributed by atoms with E-state index in [0.717, 1.165) is 24.5 Å². The second kappa shape index (κ2) is 5.60. The summed E-state index contributed by atoms with van der Waals surface area (Å²) in [6.07, 6.45) is 0. The molecular weight excluding hydrogens is 282 g/mol. The normalized spacial score (nSPS) is 20.5. The van der Waals surface area contributed by atoms with E-state index in [2.05, 4.69) is 16.5 Å². The van der Waals surface area contributed by atoms with Crippen molar-refractivity contribution in [2.75, 3.05) is 36.5 Å². The Morgan fingerprint density at radius 1 is 1.47 bits per heavy atom. The van der Waals surface area contributed by atoms with Gasteiger partial charge >= 0.3 is 0 Å². The van der Waals surface area contributed by atoms with Gasteiger partial charge in [-0.2, -0.15) is 11.8 Å². The summed E-state index contributed by atoms with van der Waals surface area (Å²) < 4.78 is 26.0. The van der Waals surface area contributed by atoms with Gasteiger partial charge in [-0.05, 0) is 25.2 Å². The van der Waals surface area contributed by atoms with Gasteiger partial charge in [0.25, 0.3) is 0 Å². The zero-order valence-electron chi connectivity index (χ0n) is 11.1. The van der Waals surface area contributed by atoms with Gasteiger partial charge in [0.15, 0.2) is 0 Å². The molecule has 0 spiro atoms. The quantitative estimate of drug-likeness (QED) is 0.818. The Hall–Kier alpha value is -0.920. The minimum absolute atomic E-state index is 0.255. The van der Waals surface area contributed by atoms with Gasteiger partial charge < -0.3 is 10.6 Å². The molecule has 0 amide bonds. The lowest BCUT2D eigenvalue weighted by molar-refractivity contribution is 0.588. The molecule has 2 rings (SSSR count). The summed E-state index contributed by atoms with van der Waals surface area (Å²) in [6.45, 7) is 3.95. The Kier molecular flexibility index (Phi) is 4.27. The topological polar surface area (TPSA) is 75.4 Å². The fraction of sp³-hybridized carbons (Fsp3) is 0.500. The third-order valence-electron chi connectivity index (χ3n) is 3.16. The zero-order chi connectivity index (χ0) is 14.0. The molecule has 5 nitrogen and oxygen atoms in total. The number of nitrogens with zero attached hydrogens (tertiary/aromatic N) is 1. The number of hydrogen-bond donors (Lipinski definition) is 2. The van der Waals surface area contributed by atoms with Crippen LogP contribution in [0.5, 0.6) is 0 Å². The molecule has 1 saturated heterocycles. The molecule has 1 aliphatic heterocycles. The van der Waals surface area contributed by atoms with Crippen molar-refractivity contribution < 1.29 is 8.42 Å². The molecular formula is C12H19N3O2S2. The first-order chi connectivity index (χ1) is 8.94. The molecule has 0 bridgehead atoms. The average Bonchev–Trinajstić information content (AvgIpc) is 2.39. The average molecular weight is 301 g/mol. The third kappa shape index (κ3) is 3.16. The molecule has 7 heteroatoms. The maximum Gasteiger partial charge on any atom is 0.240 e. The van der Waals surface area contributed by atoms with E-state index in [1.165, 1.54) is 13.1 Å². The molecule has 1 aromatic carbocycles. The number of hydrogen-bond acceptors (Lipinski definition) is 5. The Morgan fingerprint density at radius 2 is 2.21 bits per heavy atom. The van der Waals surface area contributed by atoms with Crippen LogP contribution in [0.2, 0.25) is 0 Å². The summed E-state index contributed by atoms with van der Waals surface area (Å²) in [5.74, 6) is 1.03. The van der Waals surface area contributed by atoms with Crippen molar-refractivity contribution in [1.29, 1.82) is 0 Å². The predicted molar refractivity (Wildman–Crippen MR) is 81.2 cm³/mol. The summed E-state index contributed by atoms with van der Waals surface area (Å²) >= 11 is 1.92. The Morgan fingerprint density at radius 3 is 2.84 bits per heavy atom. The monoisotopic (exact) mass is 301 g/mol. The van der Waals surface area contributed by atoms with Crippen molar-refractivity contribution in [1.82, 2.24) is 4.72 Å². The van der Waals surface area contributed by atoms with Crippen LogP contribution in [0, 0.1) is 0 Å². The van der Waals surface area contributed by atoms with Crippen LogP contribution >= 0.6 is 11.8 Å². The molecule has 0 aromatic heterocycles. The van der Waals surface area contributed by atoms with Crippen LogP contribution in [0.1, 0.15) is 6.92 Å². The predicted octanol–water partition coefficient (Wildman–Crippen LogP) is 1.12. The van der Waals surface area contributed by atoms with Crippen LogP contribution in [0.15, 0.2) is 23.1 Å². The first-order valence-corrected chi connectivity index (χ1v) is 8.67. The van der Waals surface area contributed by atoms with E-state index in [0.29, 0.717) is 10.9 Å². The molecule has 0 saturated carbocycles. The number of nitrogens with two attached hydrogens (primary N) is 1. The highest BCUT2D eigenvalue weighted by Crippen LogP contribution is 2.30. The number of sulfonamides is 1. The van der Waals surface area contributed by atoms with Crippen LogP contribution in [-0.2, 0) is 10.0 Å². The maximum absolute atomic E-state index is 11.8. The number of benzene rings is 1. The van der Waals surface area contributed by atoms with E-state index in [9.17, 15) is 8.42 Å². The van der Waals surface area contributed by atoms with Crippen LogP contribution in [0.25, 0.3) is 0 Å². The lowest BCUT2D eigenvalue weighted by Gasteiger charge is -2.33. The highest BCUT2D eigenvalue weighted by molar-refractivity contribution is 8.00. The molecule has 1 unspecified atom stereocenters. The molecule has 0 aliphatic carbocycles. The summed E-state index contributed by atoms with van der Waals surface area (Å²) in [5.41, 5.74) is 7.42. The molecule has 0 radical (unpaired) electrons. The molecule has 1 aliphatic rings. The van der Waals surface area contributed by atoms with Gasteiger partial charge in [-0.25, -0.2) is 13.1 Å². The van der Waals surface area contributed by atoms with E-state index in [1.54, 1.807) is 12.1 Å². The molecule has 1 atom stereocenters. The van der Waals surface area contributed by atoms with Gasteiger partial charge in [-0.1, -0.05) is 6.92 Å². The van der Waals surface area contributed by atoms with Gasteiger partial charge in [0, 0.05) is 24.1 Å². The molecule has 106 valence electrons. The van der Waals surface area contributed by atoms with Crippen LogP contribution in [0.3, 0.4) is 0 Å². The highest BCUT2D eigenvalue weighted by Gasteiger charge is 2.21. The molecule has 1 heterocycles. The summed E-state index contributed by atoms with van der Waals surface area (Å²) in [6, 6.07) is 4.85. The summed E-state index contributed by atoms with van der Waals surface area (Å²) in [4.78, 5) is 2.41. The number of thioether (sulfide) groups is 1. The van der Waals surface area contributed by atoms with Crippen LogP contribution in [0.4, 0.5) is 11.4 Å². The largest absolute Gasteiger partial charge is 0.397 e. The second-order valence-electron chi connectivity index (χ2n) is 4.56. The first-order valence-electron chi connectivity index (χ1n) is 6.13. The van der Waals surface area contributed by atoms with Crippen LogP contribution < -0.4 is 15.4 Å². The van der Waals surface area contributed by atoms with Gasteiger partial charge in [-0.3, -0.25) is 0 Å². The lowest BCUT2D eigenvalue weighted by atomic mass is 10.2. The SMILES string of the molecule is CNS(=O)(=O)c1ccc(N)c(N2CCSC(C)C2)c1. The Bertz CT molecular complexity index is 560. The Labute approximate surface area is 118 Å². The molecule has 1 fully saturated rings. The summed E-state index contributed by atoms with van der Waals surface area (Å²) in [7, 11) is -2.02. The van der Waals surface area contributed by atoms with Crippen molar-refractivity contribution in [3.8, 4) is 0 Å². The number of anilines is 2. The second-order valence-corrected chi connectivity index (χ2v) is 7.99. The minimum Gasteiger partial charge on any atom is -0.397 e. The first kappa shape index (κ1) is 14.5.